The van der Waals surface area contributed by atoms with Gasteiger partial charge in [-0.15, -0.1) is 0 Å². The van der Waals surface area contributed by atoms with Gasteiger partial charge in [0.05, 0.1) is 22.3 Å². The zero-order valence-corrected chi connectivity index (χ0v) is 18.1. The minimum absolute atomic E-state index is 0.199. The minimum Gasteiger partial charge on any atom is -0.493 e. The largest absolute Gasteiger partial charge is 0.493 e. The van der Waals surface area contributed by atoms with Crippen LogP contribution in [0.4, 0.5) is 9.18 Å². The molecule has 0 N–H and O–H groups in total. The first-order chi connectivity index (χ1) is 13.2. The summed E-state index contributed by atoms with van der Waals surface area (Å²) in [7, 11) is -1.33. The van der Waals surface area contributed by atoms with Gasteiger partial charge >= 0.3 is 6.09 Å². The van der Waals surface area contributed by atoms with Crippen LogP contribution in [0.3, 0.4) is 0 Å². The number of piperidine rings is 1. The maximum Gasteiger partial charge on any atom is 0.410 e. The summed E-state index contributed by atoms with van der Waals surface area (Å²) in [5, 5.41) is 0. The first-order valence-electron chi connectivity index (χ1n) is 9.89. The van der Waals surface area contributed by atoms with Crippen molar-refractivity contribution in [1.29, 1.82) is 0 Å². The molecule has 2 rings (SSSR count). The molecule has 0 aliphatic carbocycles. The van der Waals surface area contributed by atoms with E-state index in [1.807, 2.05) is 20.8 Å². The highest BCUT2D eigenvalue weighted by atomic mass is 32.2. The fraction of sp³-hybridized carbons (Fsp3) is 0.667. The molecule has 0 radical (unpaired) electrons. The van der Waals surface area contributed by atoms with Crippen LogP contribution in [0, 0.1) is 11.7 Å². The van der Waals surface area contributed by atoms with Crippen molar-refractivity contribution < 1.29 is 22.9 Å². The van der Waals surface area contributed by atoms with Crippen LogP contribution in [0.15, 0.2) is 23.1 Å². The van der Waals surface area contributed by atoms with Crippen LogP contribution in [0.5, 0.6) is 5.75 Å². The highest BCUT2D eigenvalue weighted by Crippen LogP contribution is 2.24. The second kappa shape index (κ2) is 10.2. The Balaban J connectivity index is 1.62. The van der Waals surface area contributed by atoms with Gasteiger partial charge in [0.25, 0.3) is 0 Å². The number of carbonyl (C=O) groups is 1. The molecule has 1 atom stereocenters. The number of hydrogen-bond donors (Lipinski definition) is 0. The number of rotatable bonds is 7. The fourth-order valence-corrected chi connectivity index (χ4v) is 3.85. The van der Waals surface area contributed by atoms with E-state index in [2.05, 4.69) is 0 Å². The number of ether oxygens (including phenoxy) is 2. The molecule has 1 unspecified atom stereocenters. The van der Waals surface area contributed by atoms with E-state index in [0.717, 1.165) is 45.2 Å². The smallest absolute Gasteiger partial charge is 0.410 e. The quantitative estimate of drug-likeness (QED) is 0.605. The molecule has 1 aromatic rings. The number of halogens is 1. The van der Waals surface area contributed by atoms with Gasteiger partial charge in [-0.05, 0) is 64.5 Å². The Labute approximate surface area is 170 Å². The van der Waals surface area contributed by atoms with Crippen molar-refractivity contribution in [3.63, 3.8) is 0 Å². The van der Waals surface area contributed by atoms with E-state index in [4.69, 9.17) is 9.47 Å². The van der Waals surface area contributed by atoms with Crippen molar-refractivity contribution >= 4 is 16.9 Å². The second-order valence-corrected chi connectivity index (χ2v) is 9.65. The molecule has 158 valence electrons. The number of benzene rings is 1. The Bertz CT molecular complexity index is 681. The second-order valence-electron chi connectivity index (χ2n) is 8.30. The Morgan fingerprint density at radius 3 is 2.50 bits per heavy atom. The predicted octanol–water partition coefficient (Wildman–Crippen LogP) is 4.76. The Hall–Kier alpha value is -1.63. The number of likely N-dealkylation sites (tertiary alicyclic amines) is 1. The first-order valence-corrected chi connectivity index (χ1v) is 11.5. The van der Waals surface area contributed by atoms with E-state index in [1.54, 1.807) is 11.0 Å². The van der Waals surface area contributed by atoms with Gasteiger partial charge in [0, 0.05) is 25.4 Å². The molecular formula is C21H32FNO4S. The zero-order chi connectivity index (χ0) is 20.7. The van der Waals surface area contributed by atoms with E-state index in [-0.39, 0.29) is 11.0 Å². The molecular weight excluding hydrogens is 381 g/mol. The van der Waals surface area contributed by atoms with Crippen LogP contribution in [0.1, 0.15) is 52.9 Å². The SMILES string of the molecule is CS(=O)c1ccc(OCCCCC2CCN(C(=O)OC(C)(C)C)CC2)cc1F. The van der Waals surface area contributed by atoms with Gasteiger partial charge in [0.1, 0.15) is 17.2 Å². The van der Waals surface area contributed by atoms with Crippen LogP contribution in [-0.4, -0.2) is 46.8 Å². The van der Waals surface area contributed by atoms with Crippen LogP contribution < -0.4 is 4.74 Å². The monoisotopic (exact) mass is 413 g/mol. The molecule has 1 aliphatic rings. The minimum atomic E-state index is -1.33. The van der Waals surface area contributed by atoms with Crippen molar-refractivity contribution in [2.75, 3.05) is 26.0 Å². The average molecular weight is 414 g/mol. The number of nitrogens with zero attached hydrogens (tertiary/aromatic N) is 1. The molecule has 28 heavy (non-hydrogen) atoms. The highest BCUT2D eigenvalue weighted by Gasteiger charge is 2.26. The average Bonchev–Trinajstić information content (AvgIpc) is 2.60. The van der Waals surface area contributed by atoms with Crippen molar-refractivity contribution in [3.05, 3.63) is 24.0 Å². The molecule has 1 aromatic carbocycles. The van der Waals surface area contributed by atoms with Gasteiger partial charge in [-0.1, -0.05) is 6.42 Å². The van der Waals surface area contributed by atoms with Gasteiger partial charge in [0.15, 0.2) is 0 Å². The highest BCUT2D eigenvalue weighted by molar-refractivity contribution is 7.84. The van der Waals surface area contributed by atoms with Gasteiger partial charge in [0.2, 0.25) is 0 Å². The summed E-state index contributed by atoms with van der Waals surface area (Å²) in [6.45, 7) is 7.68. The maximum absolute atomic E-state index is 13.8. The Morgan fingerprint density at radius 2 is 1.93 bits per heavy atom. The molecule has 0 saturated carbocycles. The topological polar surface area (TPSA) is 55.8 Å². The predicted molar refractivity (Wildman–Crippen MR) is 109 cm³/mol. The van der Waals surface area contributed by atoms with E-state index in [0.29, 0.717) is 18.3 Å². The molecule has 1 aliphatic heterocycles. The van der Waals surface area contributed by atoms with E-state index >= 15 is 0 Å². The van der Waals surface area contributed by atoms with Gasteiger partial charge in [-0.2, -0.15) is 0 Å². The van der Waals surface area contributed by atoms with Crippen LogP contribution in [0.25, 0.3) is 0 Å². The summed E-state index contributed by atoms with van der Waals surface area (Å²) in [4.78, 5) is 14.1. The van der Waals surface area contributed by atoms with E-state index < -0.39 is 22.2 Å². The molecule has 5 nitrogen and oxygen atoms in total. The molecule has 1 amide bonds. The van der Waals surface area contributed by atoms with E-state index in [1.165, 1.54) is 18.4 Å². The Morgan fingerprint density at radius 1 is 1.25 bits per heavy atom. The van der Waals surface area contributed by atoms with Gasteiger partial charge < -0.3 is 14.4 Å². The first kappa shape index (κ1) is 22.7. The number of unbranched alkanes of at least 4 members (excludes halogenated alkanes) is 1. The summed E-state index contributed by atoms with van der Waals surface area (Å²) in [5.41, 5.74) is -0.454. The van der Waals surface area contributed by atoms with Crippen molar-refractivity contribution in [3.8, 4) is 5.75 Å². The lowest BCUT2D eigenvalue weighted by atomic mass is 9.92. The van der Waals surface area contributed by atoms with Gasteiger partial charge in [-0.3, -0.25) is 4.21 Å². The third-order valence-electron chi connectivity index (χ3n) is 4.75. The Kier molecular flexibility index (Phi) is 8.28. The molecule has 1 saturated heterocycles. The standard InChI is InChI=1S/C21H32FNO4S/c1-21(2,3)27-20(24)23-12-10-16(11-13-23)7-5-6-14-26-17-8-9-19(28(4)25)18(22)15-17/h8-9,15-16H,5-7,10-14H2,1-4H3. The summed E-state index contributed by atoms with van der Waals surface area (Å²) >= 11 is 0. The third kappa shape index (κ3) is 7.41. The van der Waals surface area contributed by atoms with Crippen LogP contribution >= 0.6 is 0 Å². The van der Waals surface area contributed by atoms with Crippen LogP contribution in [0.2, 0.25) is 0 Å². The fourth-order valence-electron chi connectivity index (χ4n) is 3.26. The van der Waals surface area contributed by atoms with Crippen LogP contribution in [-0.2, 0) is 15.5 Å². The zero-order valence-electron chi connectivity index (χ0n) is 17.3. The molecule has 0 spiro atoms. The summed E-state index contributed by atoms with van der Waals surface area (Å²) in [6, 6.07) is 4.47. The molecule has 7 heteroatoms. The van der Waals surface area contributed by atoms with Crippen molar-refractivity contribution in [1.82, 2.24) is 4.90 Å². The molecule has 1 heterocycles. The third-order valence-corrected chi connectivity index (χ3v) is 5.71. The summed E-state index contributed by atoms with van der Waals surface area (Å²) < 4.78 is 36.2. The van der Waals surface area contributed by atoms with Gasteiger partial charge in [-0.25, -0.2) is 9.18 Å². The maximum atomic E-state index is 13.8. The number of carbonyl (C=O) groups excluding carboxylic acids is 1. The molecule has 0 bridgehead atoms. The number of amides is 1. The van der Waals surface area contributed by atoms with E-state index in [9.17, 15) is 13.4 Å². The molecule has 0 aromatic heterocycles. The summed E-state index contributed by atoms with van der Waals surface area (Å²) in [6.07, 6.45) is 6.28. The lowest BCUT2D eigenvalue weighted by Crippen LogP contribution is -2.41. The lowest BCUT2D eigenvalue weighted by Gasteiger charge is -2.33. The normalized spacial score (nSPS) is 16.7. The molecule has 1 fully saturated rings. The number of hydrogen-bond acceptors (Lipinski definition) is 4. The summed E-state index contributed by atoms with van der Waals surface area (Å²) in [5.74, 6) is 0.599. The lowest BCUT2D eigenvalue weighted by molar-refractivity contribution is 0.0180. The van der Waals surface area contributed by atoms with Crippen molar-refractivity contribution in [2.24, 2.45) is 5.92 Å². The van der Waals surface area contributed by atoms with Crippen molar-refractivity contribution in [2.45, 2.75) is 63.4 Å².